The van der Waals surface area contributed by atoms with Gasteiger partial charge in [-0.1, -0.05) is 13.0 Å². The quantitative estimate of drug-likeness (QED) is 0.443. The number of aryl methyl sites for hydroxylation is 1. The van der Waals surface area contributed by atoms with Crippen LogP contribution in [0.2, 0.25) is 0 Å². The number of aliphatic hydroxyl groups excluding tert-OH is 1. The van der Waals surface area contributed by atoms with Gasteiger partial charge >= 0.3 is 0 Å². The van der Waals surface area contributed by atoms with E-state index in [-0.39, 0.29) is 18.3 Å². The zero-order valence-electron chi connectivity index (χ0n) is 17.6. The second kappa shape index (κ2) is 9.37. The van der Waals surface area contributed by atoms with E-state index in [2.05, 4.69) is 20.4 Å². The number of hydrogen-bond donors (Lipinski definition) is 2. The molecule has 0 aliphatic heterocycles. The zero-order valence-corrected chi connectivity index (χ0v) is 18.4. The molecule has 3 heterocycles. The molecule has 4 aromatic rings. The average molecular weight is 452 g/mol. The van der Waals surface area contributed by atoms with Gasteiger partial charge in [-0.2, -0.15) is 9.78 Å². The van der Waals surface area contributed by atoms with Crippen molar-refractivity contribution in [2.75, 3.05) is 6.54 Å². The van der Waals surface area contributed by atoms with Crippen molar-refractivity contribution in [2.45, 2.75) is 26.4 Å². The molecule has 0 radical (unpaired) electrons. The van der Waals surface area contributed by atoms with E-state index >= 15 is 0 Å². The Hall–Kier alpha value is -3.43. The number of aliphatic hydroxyl groups is 1. The van der Waals surface area contributed by atoms with Crippen LogP contribution in [0.25, 0.3) is 27.8 Å². The van der Waals surface area contributed by atoms with Crippen LogP contribution in [-0.2, 0) is 0 Å². The number of rotatable bonds is 7. The highest BCUT2D eigenvalue weighted by molar-refractivity contribution is 7.13. The molecule has 0 bridgehead atoms. The maximum Gasteiger partial charge on any atom is 0.255 e. The molecule has 0 aliphatic rings. The lowest BCUT2D eigenvalue weighted by Crippen LogP contribution is -2.31. The topological polar surface area (TPSA) is 92.9 Å². The summed E-state index contributed by atoms with van der Waals surface area (Å²) in [6.07, 6.45) is 3.08. The van der Waals surface area contributed by atoms with Gasteiger partial charge in [0, 0.05) is 18.3 Å². The van der Waals surface area contributed by atoms with Crippen molar-refractivity contribution in [2.24, 2.45) is 0 Å². The molecule has 2 N–H and O–H groups in total. The van der Waals surface area contributed by atoms with Gasteiger partial charge in [-0.15, -0.1) is 11.3 Å². The number of carbonyl (C=O) groups excluding carboxylic acids is 1. The number of halogens is 1. The molecule has 3 aromatic heterocycles. The summed E-state index contributed by atoms with van der Waals surface area (Å²) in [4.78, 5) is 22.8. The molecule has 1 amide bonds. The number of carbonyl (C=O) groups is 1. The molecule has 32 heavy (non-hydrogen) atoms. The third-order valence-electron chi connectivity index (χ3n) is 5.00. The summed E-state index contributed by atoms with van der Waals surface area (Å²) < 4.78 is 14.9. The Labute approximate surface area is 188 Å². The Kier molecular flexibility index (Phi) is 6.38. The van der Waals surface area contributed by atoms with Crippen LogP contribution in [0.5, 0.6) is 0 Å². The van der Waals surface area contributed by atoms with Crippen LogP contribution in [0.1, 0.15) is 29.3 Å². The van der Waals surface area contributed by atoms with Gasteiger partial charge in [-0.25, -0.2) is 14.4 Å². The SMILES string of the molecule is CCC(O)CNC(=O)c1cnn(-c2ncc(C)c(-c3ccc(F)cc3)n2)c1-c1cccs1. The Morgan fingerprint density at radius 2 is 2.03 bits per heavy atom. The molecule has 0 spiro atoms. The minimum Gasteiger partial charge on any atom is -0.391 e. The van der Waals surface area contributed by atoms with Crippen LogP contribution < -0.4 is 5.32 Å². The van der Waals surface area contributed by atoms with E-state index in [1.165, 1.54) is 34.3 Å². The fourth-order valence-corrected chi connectivity index (χ4v) is 3.97. The summed E-state index contributed by atoms with van der Waals surface area (Å²) in [6.45, 7) is 3.88. The van der Waals surface area contributed by atoms with E-state index in [1.54, 1.807) is 18.3 Å². The van der Waals surface area contributed by atoms with Crippen LogP contribution in [0.15, 0.2) is 54.2 Å². The Morgan fingerprint density at radius 3 is 2.72 bits per heavy atom. The van der Waals surface area contributed by atoms with Crippen molar-refractivity contribution < 1.29 is 14.3 Å². The highest BCUT2D eigenvalue weighted by Crippen LogP contribution is 2.30. The van der Waals surface area contributed by atoms with E-state index in [0.29, 0.717) is 29.3 Å². The summed E-state index contributed by atoms with van der Waals surface area (Å²) in [7, 11) is 0. The summed E-state index contributed by atoms with van der Waals surface area (Å²) in [5, 5.41) is 18.9. The summed E-state index contributed by atoms with van der Waals surface area (Å²) >= 11 is 1.47. The van der Waals surface area contributed by atoms with Gasteiger partial charge in [0.05, 0.1) is 28.4 Å². The molecule has 1 unspecified atom stereocenters. The molecular weight excluding hydrogens is 429 g/mol. The number of aromatic nitrogens is 4. The lowest BCUT2D eigenvalue weighted by atomic mass is 10.1. The first-order chi connectivity index (χ1) is 15.5. The second-order valence-electron chi connectivity index (χ2n) is 7.28. The molecule has 0 fully saturated rings. The minimum atomic E-state index is -0.613. The van der Waals surface area contributed by atoms with Crippen LogP contribution in [0.3, 0.4) is 0 Å². The summed E-state index contributed by atoms with van der Waals surface area (Å²) in [6, 6.07) is 9.87. The fourth-order valence-electron chi connectivity index (χ4n) is 3.20. The average Bonchev–Trinajstić information content (AvgIpc) is 3.48. The van der Waals surface area contributed by atoms with Crippen molar-refractivity contribution in [3.05, 3.63) is 71.1 Å². The first-order valence-corrected chi connectivity index (χ1v) is 11.0. The third kappa shape index (κ3) is 4.44. The molecule has 1 aromatic carbocycles. The van der Waals surface area contributed by atoms with Crippen molar-refractivity contribution in [1.29, 1.82) is 0 Å². The van der Waals surface area contributed by atoms with Crippen LogP contribution in [0.4, 0.5) is 4.39 Å². The standard InChI is InChI=1S/C23H22FN5O2S/c1-3-17(30)12-25-22(31)18-13-27-29(21(18)19-5-4-10-32-19)23-26-11-14(2)20(28-23)15-6-8-16(24)9-7-15/h4-11,13,17,30H,3,12H2,1-2H3,(H,25,31). The molecular formula is C23H22FN5O2S. The number of amides is 1. The van der Waals surface area contributed by atoms with Crippen molar-refractivity contribution in [3.8, 4) is 27.8 Å². The molecule has 0 saturated heterocycles. The number of hydrogen-bond acceptors (Lipinski definition) is 6. The minimum absolute atomic E-state index is 0.153. The van der Waals surface area contributed by atoms with E-state index in [0.717, 1.165) is 16.0 Å². The fraction of sp³-hybridized carbons (Fsp3) is 0.217. The molecule has 0 aliphatic carbocycles. The summed E-state index contributed by atoms with van der Waals surface area (Å²) in [5.41, 5.74) is 3.17. The van der Waals surface area contributed by atoms with Gasteiger partial charge in [0.1, 0.15) is 11.5 Å². The normalized spacial score (nSPS) is 12.0. The Bertz CT molecular complexity index is 1220. The van der Waals surface area contributed by atoms with E-state index in [4.69, 9.17) is 0 Å². The van der Waals surface area contributed by atoms with Crippen molar-refractivity contribution in [1.82, 2.24) is 25.1 Å². The molecule has 7 nitrogen and oxygen atoms in total. The van der Waals surface area contributed by atoms with Gasteiger partial charge in [0.2, 0.25) is 0 Å². The molecule has 9 heteroatoms. The number of nitrogens with zero attached hydrogens (tertiary/aromatic N) is 4. The van der Waals surface area contributed by atoms with E-state index in [9.17, 15) is 14.3 Å². The largest absolute Gasteiger partial charge is 0.391 e. The Balaban J connectivity index is 1.77. The first-order valence-electron chi connectivity index (χ1n) is 10.2. The lowest BCUT2D eigenvalue weighted by molar-refractivity contribution is 0.0914. The van der Waals surface area contributed by atoms with E-state index in [1.807, 2.05) is 31.4 Å². The van der Waals surface area contributed by atoms with Gasteiger partial charge in [-0.3, -0.25) is 4.79 Å². The number of benzene rings is 1. The van der Waals surface area contributed by atoms with E-state index < -0.39 is 6.10 Å². The monoisotopic (exact) mass is 451 g/mol. The van der Waals surface area contributed by atoms with Crippen molar-refractivity contribution >= 4 is 17.2 Å². The van der Waals surface area contributed by atoms with Crippen molar-refractivity contribution in [3.63, 3.8) is 0 Å². The predicted molar refractivity (Wildman–Crippen MR) is 121 cm³/mol. The second-order valence-corrected chi connectivity index (χ2v) is 8.22. The highest BCUT2D eigenvalue weighted by Gasteiger charge is 2.23. The summed E-state index contributed by atoms with van der Waals surface area (Å²) in [5.74, 6) is -0.361. The number of thiophene rings is 1. The smallest absolute Gasteiger partial charge is 0.255 e. The molecule has 164 valence electrons. The lowest BCUT2D eigenvalue weighted by Gasteiger charge is -2.11. The molecule has 1 atom stereocenters. The first kappa shape index (κ1) is 21.8. The van der Waals surface area contributed by atoms with Gasteiger partial charge in [0.15, 0.2) is 0 Å². The highest BCUT2D eigenvalue weighted by atomic mass is 32.1. The predicted octanol–water partition coefficient (Wildman–Crippen LogP) is 4.01. The maximum atomic E-state index is 13.4. The zero-order chi connectivity index (χ0) is 22.7. The van der Waals surface area contributed by atoms with Gasteiger partial charge < -0.3 is 10.4 Å². The van der Waals surface area contributed by atoms with Crippen LogP contribution in [0, 0.1) is 12.7 Å². The Morgan fingerprint density at radius 1 is 1.25 bits per heavy atom. The maximum absolute atomic E-state index is 13.4. The molecule has 4 rings (SSSR count). The molecule has 0 saturated carbocycles. The van der Waals surface area contributed by atoms with Gasteiger partial charge in [0.25, 0.3) is 11.9 Å². The van der Waals surface area contributed by atoms with Gasteiger partial charge in [-0.05, 0) is 54.6 Å². The van der Waals surface area contributed by atoms with Crippen LogP contribution >= 0.6 is 11.3 Å². The number of nitrogens with one attached hydrogen (secondary N) is 1. The third-order valence-corrected chi connectivity index (χ3v) is 5.88. The van der Waals surface area contributed by atoms with Crippen LogP contribution in [-0.4, -0.2) is 43.4 Å².